The Bertz CT molecular complexity index is 791. The van der Waals surface area contributed by atoms with Crippen molar-refractivity contribution in [1.82, 2.24) is 9.21 Å². The van der Waals surface area contributed by atoms with Crippen molar-refractivity contribution in [2.75, 3.05) is 32.9 Å². The van der Waals surface area contributed by atoms with Crippen LogP contribution in [0.5, 0.6) is 0 Å². The molecule has 0 spiro atoms. The minimum atomic E-state index is -3.07. The normalized spacial score (nSPS) is 17.6. The quantitative estimate of drug-likeness (QED) is 0.836. The number of sulfonamides is 1. The van der Waals surface area contributed by atoms with Gasteiger partial charge in [-0.05, 0) is 48.2 Å². The summed E-state index contributed by atoms with van der Waals surface area (Å²) in [5, 5.41) is 2.62. The van der Waals surface area contributed by atoms with Gasteiger partial charge in [0.05, 0.1) is 6.26 Å². The molecule has 2 aromatic rings. The lowest BCUT2D eigenvalue weighted by Gasteiger charge is -2.33. The smallest absolute Gasteiger partial charge is 0.210 e. The standard InChI is InChI=1S/C19H26N2O2S/c1-20(24(2,22)23)14-16-10-12-21(13-11-16)15-18-8-5-7-17-6-3-4-9-19(17)18/h3-9,16H,10-15H2,1-2H3. The second-order valence-electron chi connectivity index (χ2n) is 6.90. The Morgan fingerprint density at radius 2 is 1.75 bits per heavy atom. The maximum Gasteiger partial charge on any atom is 0.210 e. The van der Waals surface area contributed by atoms with Gasteiger partial charge in [0.25, 0.3) is 0 Å². The number of rotatable bonds is 5. The van der Waals surface area contributed by atoms with Gasteiger partial charge in [-0.15, -0.1) is 0 Å². The minimum absolute atomic E-state index is 0.466. The number of benzene rings is 2. The number of fused-ring (bicyclic) bond motifs is 1. The Morgan fingerprint density at radius 3 is 2.46 bits per heavy atom. The van der Waals surface area contributed by atoms with Crippen LogP contribution in [0.1, 0.15) is 18.4 Å². The van der Waals surface area contributed by atoms with Gasteiger partial charge >= 0.3 is 0 Å². The zero-order valence-corrected chi connectivity index (χ0v) is 15.3. The monoisotopic (exact) mass is 346 g/mol. The van der Waals surface area contributed by atoms with Crippen molar-refractivity contribution < 1.29 is 8.42 Å². The first-order valence-corrected chi connectivity index (χ1v) is 10.4. The highest BCUT2D eigenvalue weighted by Gasteiger charge is 2.23. The van der Waals surface area contributed by atoms with Crippen molar-refractivity contribution in [3.8, 4) is 0 Å². The van der Waals surface area contributed by atoms with Crippen LogP contribution in [0.2, 0.25) is 0 Å². The lowest BCUT2D eigenvalue weighted by molar-refractivity contribution is 0.167. The van der Waals surface area contributed by atoms with E-state index in [4.69, 9.17) is 0 Å². The summed E-state index contributed by atoms with van der Waals surface area (Å²) in [5.41, 5.74) is 1.37. The van der Waals surface area contributed by atoms with E-state index in [0.717, 1.165) is 32.5 Å². The molecule has 0 bridgehead atoms. The predicted octanol–water partition coefficient (Wildman–Crippen LogP) is 2.94. The maximum atomic E-state index is 11.6. The number of hydrogen-bond donors (Lipinski definition) is 0. The topological polar surface area (TPSA) is 40.6 Å². The highest BCUT2D eigenvalue weighted by Crippen LogP contribution is 2.24. The van der Waals surface area contributed by atoms with Crippen molar-refractivity contribution in [3.63, 3.8) is 0 Å². The number of likely N-dealkylation sites (tertiary alicyclic amines) is 1. The van der Waals surface area contributed by atoms with Gasteiger partial charge in [0, 0.05) is 20.1 Å². The van der Waals surface area contributed by atoms with Gasteiger partial charge in [-0.2, -0.15) is 0 Å². The molecule has 0 saturated carbocycles. The first-order chi connectivity index (χ1) is 11.4. The minimum Gasteiger partial charge on any atom is -0.299 e. The summed E-state index contributed by atoms with van der Waals surface area (Å²) in [6, 6.07) is 15.0. The number of nitrogens with zero attached hydrogens (tertiary/aromatic N) is 2. The number of hydrogen-bond acceptors (Lipinski definition) is 3. The van der Waals surface area contributed by atoms with Gasteiger partial charge in [-0.1, -0.05) is 42.5 Å². The summed E-state index contributed by atoms with van der Waals surface area (Å²) in [4.78, 5) is 2.48. The van der Waals surface area contributed by atoms with Crippen molar-refractivity contribution in [2.45, 2.75) is 19.4 Å². The van der Waals surface area contributed by atoms with E-state index in [1.54, 1.807) is 7.05 Å². The van der Waals surface area contributed by atoms with Crippen molar-refractivity contribution in [1.29, 1.82) is 0 Å². The van der Waals surface area contributed by atoms with Gasteiger partial charge in [0.2, 0.25) is 10.0 Å². The zero-order chi connectivity index (χ0) is 17.2. The average Bonchev–Trinajstić information content (AvgIpc) is 2.56. The van der Waals surface area contributed by atoms with Crippen LogP contribution in [0, 0.1) is 5.92 Å². The third-order valence-electron chi connectivity index (χ3n) is 5.06. The molecule has 0 unspecified atom stereocenters. The SMILES string of the molecule is CN(CC1CCN(Cc2cccc3ccccc23)CC1)S(C)(=O)=O. The second-order valence-corrected chi connectivity index (χ2v) is 8.99. The molecule has 1 saturated heterocycles. The molecule has 24 heavy (non-hydrogen) atoms. The summed E-state index contributed by atoms with van der Waals surface area (Å²) in [7, 11) is -1.39. The predicted molar refractivity (Wildman–Crippen MR) is 99.4 cm³/mol. The van der Waals surface area contributed by atoms with Crippen LogP contribution < -0.4 is 0 Å². The lowest BCUT2D eigenvalue weighted by atomic mass is 9.96. The van der Waals surface area contributed by atoms with Crippen LogP contribution >= 0.6 is 0 Å². The Balaban J connectivity index is 1.59. The van der Waals surface area contributed by atoms with E-state index in [2.05, 4.69) is 47.4 Å². The molecule has 0 radical (unpaired) electrons. The van der Waals surface area contributed by atoms with Crippen LogP contribution in [0.25, 0.3) is 10.8 Å². The lowest BCUT2D eigenvalue weighted by Crippen LogP contribution is -2.38. The van der Waals surface area contributed by atoms with E-state index >= 15 is 0 Å². The van der Waals surface area contributed by atoms with E-state index in [1.807, 2.05) is 0 Å². The van der Waals surface area contributed by atoms with Crippen molar-refractivity contribution in [2.24, 2.45) is 5.92 Å². The largest absolute Gasteiger partial charge is 0.299 e. The molecule has 0 aliphatic carbocycles. The van der Waals surface area contributed by atoms with Crippen LogP contribution in [0.15, 0.2) is 42.5 Å². The van der Waals surface area contributed by atoms with Crippen LogP contribution in [-0.2, 0) is 16.6 Å². The first kappa shape index (κ1) is 17.4. The van der Waals surface area contributed by atoms with Crippen LogP contribution in [0.4, 0.5) is 0 Å². The van der Waals surface area contributed by atoms with Gasteiger partial charge in [0.1, 0.15) is 0 Å². The molecule has 1 aliphatic rings. The summed E-state index contributed by atoms with van der Waals surface area (Å²) in [6.07, 6.45) is 3.40. The van der Waals surface area contributed by atoms with Gasteiger partial charge in [0.15, 0.2) is 0 Å². The van der Waals surface area contributed by atoms with Gasteiger partial charge in [-0.3, -0.25) is 4.90 Å². The Morgan fingerprint density at radius 1 is 1.08 bits per heavy atom. The van der Waals surface area contributed by atoms with Crippen LogP contribution in [0.3, 0.4) is 0 Å². The molecule has 2 aromatic carbocycles. The fourth-order valence-corrected chi connectivity index (χ4v) is 3.98. The zero-order valence-electron chi connectivity index (χ0n) is 14.5. The Hall–Kier alpha value is -1.43. The molecule has 1 aliphatic heterocycles. The maximum absolute atomic E-state index is 11.6. The van der Waals surface area contributed by atoms with Gasteiger partial charge < -0.3 is 0 Å². The molecule has 0 aromatic heterocycles. The van der Waals surface area contributed by atoms with E-state index in [-0.39, 0.29) is 0 Å². The fraction of sp³-hybridized carbons (Fsp3) is 0.474. The third-order valence-corrected chi connectivity index (χ3v) is 6.34. The van der Waals surface area contributed by atoms with Crippen LogP contribution in [-0.4, -0.2) is 50.6 Å². The second kappa shape index (κ2) is 7.21. The first-order valence-electron chi connectivity index (χ1n) is 8.54. The van der Waals surface area contributed by atoms with E-state index in [9.17, 15) is 8.42 Å². The number of piperidine rings is 1. The molecule has 1 fully saturated rings. The molecule has 130 valence electrons. The van der Waals surface area contributed by atoms with E-state index < -0.39 is 10.0 Å². The molecule has 0 atom stereocenters. The van der Waals surface area contributed by atoms with E-state index in [1.165, 1.54) is 26.9 Å². The molecular weight excluding hydrogens is 320 g/mol. The molecule has 3 rings (SSSR count). The summed E-state index contributed by atoms with van der Waals surface area (Å²) in [6.45, 7) is 3.67. The van der Waals surface area contributed by atoms with Gasteiger partial charge in [-0.25, -0.2) is 12.7 Å². The molecule has 5 heteroatoms. The van der Waals surface area contributed by atoms with Crippen molar-refractivity contribution >= 4 is 20.8 Å². The molecule has 1 heterocycles. The van der Waals surface area contributed by atoms with Crippen molar-refractivity contribution in [3.05, 3.63) is 48.0 Å². The summed E-state index contributed by atoms with van der Waals surface area (Å²) in [5.74, 6) is 0.466. The molecule has 0 amide bonds. The highest BCUT2D eigenvalue weighted by molar-refractivity contribution is 7.88. The van der Waals surface area contributed by atoms with E-state index in [0.29, 0.717) is 12.5 Å². The fourth-order valence-electron chi connectivity index (χ4n) is 3.50. The summed E-state index contributed by atoms with van der Waals surface area (Å²) < 4.78 is 24.6. The highest BCUT2D eigenvalue weighted by atomic mass is 32.2. The molecule has 0 N–H and O–H groups in total. The Kier molecular flexibility index (Phi) is 5.23. The summed E-state index contributed by atoms with van der Waals surface area (Å²) >= 11 is 0. The average molecular weight is 346 g/mol. The molecule has 4 nitrogen and oxygen atoms in total. The third kappa shape index (κ3) is 4.15. The molecular formula is C19H26N2O2S. The Labute approximate surface area is 145 Å².